The van der Waals surface area contributed by atoms with E-state index in [0.717, 1.165) is 49.7 Å². The molecule has 0 aromatic rings. The number of hydrogen-bond acceptors (Lipinski definition) is 3. The number of ether oxygens (including phenoxy) is 1. The summed E-state index contributed by atoms with van der Waals surface area (Å²) in [5, 5.41) is 10.2. The number of rotatable bonds is 0. The topological polar surface area (TPSA) is 32.7 Å². The molecular weight excluding hydrogens is 310 g/mol. The molecule has 1 N–H and O–H groups in total. The van der Waals surface area contributed by atoms with Crippen LogP contribution in [0.4, 0.5) is 0 Å². The number of likely N-dealkylation sites (N-methyl/N-ethyl adjacent to an activating group) is 1. The average molecular weight is 348 g/mol. The highest BCUT2D eigenvalue weighted by Gasteiger charge is 2.67. The van der Waals surface area contributed by atoms with Gasteiger partial charge in [0.2, 0.25) is 0 Å². The van der Waals surface area contributed by atoms with Gasteiger partial charge in [0.05, 0.1) is 12.7 Å². The van der Waals surface area contributed by atoms with E-state index >= 15 is 0 Å². The first-order chi connectivity index (χ1) is 11.9. The second kappa shape index (κ2) is 5.45. The molecule has 4 saturated carbocycles. The van der Waals surface area contributed by atoms with Crippen LogP contribution in [0.3, 0.4) is 0 Å². The second-order valence-corrected chi connectivity index (χ2v) is 10.6. The second-order valence-electron chi connectivity index (χ2n) is 10.6. The molecule has 1 spiro atoms. The number of aliphatic hydroxyl groups excluding tert-OH is 1. The number of hydrogen-bond donors (Lipinski definition) is 1. The summed E-state index contributed by atoms with van der Waals surface area (Å²) in [6, 6.07) is 0. The molecule has 1 heterocycles. The quantitative estimate of drug-likeness (QED) is 0.717. The third-order valence-electron chi connectivity index (χ3n) is 10.1. The van der Waals surface area contributed by atoms with Gasteiger partial charge >= 0.3 is 0 Å². The Morgan fingerprint density at radius 2 is 1.76 bits per heavy atom. The van der Waals surface area contributed by atoms with E-state index in [9.17, 15) is 5.11 Å². The highest BCUT2D eigenvalue weighted by atomic mass is 16.5. The SMILES string of the molecule is CN1CCO[C@]12CC[C@@H]1[C@@H]3CC[C@H]4C[C@@H](O)CC[C@]4(C)[C@H]3CC[C@@]12C. The Labute approximate surface area is 153 Å². The molecule has 3 nitrogen and oxygen atoms in total. The summed E-state index contributed by atoms with van der Waals surface area (Å²) in [6.45, 7) is 7.19. The van der Waals surface area contributed by atoms with Crippen molar-refractivity contribution >= 4 is 0 Å². The van der Waals surface area contributed by atoms with Crippen LogP contribution in [0.1, 0.15) is 71.6 Å². The third kappa shape index (κ3) is 2.04. The minimum atomic E-state index is -0.0289. The van der Waals surface area contributed by atoms with Crippen LogP contribution in [-0.4, -0.2) is 42.0 Å². The van der Waals surface area contributed by atoms with Gasteiger partial charge in [-0.2, -0.15) is 0 Å². The summed E-state index contributed by atoms with van der Waals surface area (Å²) in [5.74, 6) is 3.39. The lowest BCUT2D eigenvalue weighted by Crippen LogP contribution is -2.59. The minimum Gasteiger partial charge on any atom is -0.393 e. The van der Waals surface area contributed by atoms with E-state index < -0.39 is 0 Å². The maximum absolute atomic E-state index is 10.2. The van der Waals surface area contributed by atoms with Crippen LogP contribution in [0.5, 0.6) is 0 Å². The Hall–Kier alpha value is -0.120. The van der Waals surface area contributed by atoms with Gasteiger partial charge in [0, 0.05) is 12.0 Å². The lowest BCUT2D eigenvalue weighted by molar-refractivity contribution is -0.196. The average Bonchev–Trinajstić information content (AvgIpc) is 3.10. The number of aliphatic hydroxyl groups is 1. The van der Waals surface area contributed by atoms with Gasteiger partial charge in [-0.3, -0.25) is 4.90 Å². The highest BCUT2D eigenvalue weighted by molar-refractivity contribution is 5.15. The van der Waals surface area contributed by atoms with Gasteiger partial charge in [-0.1, -0.05) is 13.8 Å². The molecule has 0 amide bonds. The van der Waals surface area contributed by atoms with Crippen molar-refractivity contribution in [1.82, 2.24) is 4.90 Å². The molecule has 1 saturated heterocycles. The Morgan fingerprint density at radius 3 is 2.52 bits per heavy atom. The van der Waals surface area contributed by atoms with Gasteiger partial charge in [0.1, 0.15) is 5.72 Å². The molecule has 5 aliphatic rings. The molecule has 0 radical (unpaired) electrons. The Kier molecular flexibility index (Phi) is 3.71. The molecule has 142 valence electrons. The van der Waals surface area contributed by atoms with E-state index in [2.05, 4.69) is 25.8 Å². The first kappa shape index (κ1) is 17.0. The van der Waals surface area contributed by atoms with Gasteiger partial charge < -0.3 is 9.84 Å². The van der Waals surface area contributed by atoms with Gasteiger partial charge in [-0.25, -0.2) is 0 Å². The van der Waals surface area contributed by atoms with E-state index in [0.29, 0.717) is 10.8 Å². The van der Waals surface area contributed by atoms with Crippen molar-refractivity contribution in [2.24, 2.45) is 34.5 Å². The zero-order valence-electron chi connectivity index (χ0n) is 16.5. The van der Waals surface area contributed by atoms with Crippen molar-refractivity contribution in [3.8, 4) is 0 Å². The van der Waals surface area contributed by atoms with E-state index in [1.807, 2.05) is 0 Å². The molecule has 0 aromatic carbocycles. The molecule has 8 atom stereocenters. The smallest absolute Gasteiger partial charge is 0.127 e. The van der Waals surface area contributed by atoms with E-state index in [1.54, 1.807) is 0 Å². The first-order valence-electron chi connectivity index (χ1n) is 10.9. The number of fused-ring (bicyclic) bond motifs is 6. The van der Waals surface area contributed by atoms with Crippen molar-refractivity contribution in [2.75, 3.05) is 20.2 Å². The minimum absolute atomic E-state index is 0.0289. The summed E-state index contributed by atoms with van der Waals surface area (Å²) in [5.41, 5.74) is 0.863. The molecule has 0 unspecified atom stereocenters. The summed E-state index contributed by atoms with van der Waals surface area (Å²) in [6.07, 6.45) is 11.4. The largest absolute Gasteiger partial charge is 0.393 e. The van der Waals surface area contributed by atoms with Crippen LogP contribution in [0.25, 0.3) is 0 Å². The van der Waals surface area contributed by atoms with Crippen LogP contribution in [-0.2, 0) is 4.74 Å². The zero-order chi connectivity index (χ0) is 17.4. The molecule has 25 heavy (non-hydrogen) atoms. The van der Waals surface area contributed by atoms with Crippen LogP contribution >= 0.6 is 0 Å². The first-order valence-corrected chi connectivity index (χ1v) is 10.9. The lowest BCUT2D eigenvalue weighted by atomic mass is 9.44. The van der Waals surface area contributed by atoms with Crippen molar-refractivity contribution in [1.29, 1.82) is 0 Å². The zero-order valence-corrected chi connectivity index (χ0v) is 16.5. The fourth-order valence-electron chi connectivity index (χ4n) is 8.72. The van der Waals surface area contributed by atoms with E-state index in [4.69, 9.17) is 4.74 Å². The van der Waals surface area contributed by atoms with Crippen molar-refractivity contribution in [3.05, 3.63) is 0 Å². The highest BCUT2D eigenvalue weighted by Crippen LogP contribution is 2.69. The van der Waals surface area contributed by atoms with Crippen LogP contribution < -0.4 is 0 Å². The van der Waals surface area contributed by atoms with Gasteiger partial charge in [-0.15, -0.1) is 0 Å². The lowest BCUT2D eigenvalue weighted by Gasteiger charge is -2.62. The summed E-state index contributed by atoms with van der Waals surface area (Å²) < 4.78 is 6.50. The maximum atomic E-state index is 10.2. The molecule has 0 aromatic heterocycles. The number of nitrogens with zero attached hydrogens (tertiary/aromatic N) is 1. The van der Waals surface area contributed by atoms with Crippen LogP contribution in [0, 0.1) is 34.5 Å². The van der Waals surface area contributed by atoms with Crippen molar-refractivity contribution in [2.45, 2.75) is 83.5 Å². The Morgan fingerprint density at radius 1 is 0.960 bits per heavy atom. The summed E-state index contributed by atoms with van der Waals surface area (Å²) in [4.78, 5) is 2.55. The Balaban J connectivity index is 1.46. The van der Waals surface area contributed by atoms with Gasteiger partial charge in [-0.05, 0) is 93.9 Å². The van der Waals surface area contributed by atoms with Crippen molar-refractivity contribution < 1.29 is 9.84 Å². The summed E-state index contributed by atoms with van der Waals surface area (Å²) >= 11 is 0. The van der Waals surface area contributed by atoms with E-state index in [-0.39, 0.29) is 11.8 Å². The van der Waals surface area contributed by atoms with Crippen LogP contribution in [0.2, 0.25) is 0 Å². The molecule has 4 aliphatic carbocycles. The van der Waals surface area contributed by atoms with Crippen molar-refractivity contribution in [3.63, 3.8) is 0 Å². The molecule has 5 rings (SSSR count). The third-order valence-corrected chi connectivity index (χ3v) is 10.1. The maximum Gasteiger partial charge on any atom is 0.127 e. The predicted octanol–water partition coefficient (Wildman–Crippen LogP) is 4.05. The fraction of sp³-hybridized carbons (Fsp3) is 1.00. The normalized spacial score (nSPS) is 58.8. The fourth-order valence-corrected chi connectivity index (χ4v) is 8.72. The Bertz CT molecular complexity index is 552. The monoisotopic (exact) mass is 347 g/mol. The van der Waals surface area contributed by atoms with Crippen LogP contribution in [0.15, 0.2) is 0 Å². The van der Waals surface area contributed by atoms with Gasteiger partial charge in [0.25, 0.3) is 0 Å². The molecule has 3 heteroatoms. The standard InChI is InChI=1S/C22H37NO2/c1-20-9-6-16(24)14-15(20)4-5-17-18(20)7-10-21(2)19(17)8-11-22(21)23(3)12-13-25-22/h15-19,24H,4-14H2,1-3H3/t15-,16-,17+,18-,19+,20-,21-,22-/m0/s1. The van der Waals surface area contributed by atoms with Gasteiger partial charge in [0.15, 0.2) is 0 Å². The van der Waals surface area contributed by atoms with E-state index in [1.165, 1.54) is 44.9 Å². The predicted molar refractivity (Wildman–Crippen MR) is 99.0 cm³/mol. The molecule has 0 bridgehead atoms. The molecule has 5 fully saturated rings. The molecular formula is C22H37NO2. The molecule has 1 aliphatic heterocycles. The summed E-state index contributed by atoms with van der Waals surface area (Å²) in [7, 11) is 2.30.